The largest absolute Gasteiger partial charge is 0.378 e. The Morgan fingerprint density at radius 3 is 2.68 bits per heavy atom. The van der Waals surface area contributed by atoms with Gasteiger partial charge in [0.1, 0.15) is 5.82 Å². The summed E-state index contributed by atoms with van der Waals surface area (Å²) in [6, 6.07) is 12.5. The Kier molecular flexibility index (Phi) is 5.99. The van der Waals surface area contributed by atoms with Crippen molar-refractivity contribution in [3.63, 3.8) is 0 Å². The molecule has 2 N–H and O–H groups in total. The van der Waals surface area contributed by atoms with Crippen LogP contribution in [-0.2, 0) is 4.74 Å². The van der Waals surface area contributed by atoms with Gasteiger partial charge in [0.25, 0.3) is 5.91 Å². The van der Waals surface area contributed by atoms with Crippen molar-refractivity contribution in [3.05, 3.63) is 85.0 Å². The number of halogens is 1. The minimum atomic E-state index is -0.413. The summed E-state index contributed by atoms with van der Waals surface area (Å²) in [5.74, 6) is -0.797. The quantitative estimate of drug-likeness (QED) is 0.374. The molecule has 1 aromatic carbocycles. The molecular weight excluding hydrogens is 473 g/mol. The van der Waals surface area contributed by atoms with Gasteiger partial charge < -0.3 is 15.0 Å². The average molecular weight is 496 g/mol. The minimum absolute atomic E-state index is 0.261. The number of rotatable bonds is 5. The lowest BCUT2D eigenvalue weighted by Gasteiger charge is -2.28. The second-order valence-electron chi connectivity index (χ2n) is 8.61. The fraction of sp³-hybridized carbons (Fsp3) is 0.148. The number of fused-ring (bicyclic) bond motifs is 1. The predicted octanol–water partition coefficient (Wildman–Crippen LogP) is 4.31. The molecule has 9 nitrogen and oxygen atoms in total. The smallest absolute Gasteiger partial charge is 0.276 e. The third kappa shape index (κ3) is 4.62. The number of aromatic nitrogens is 5. The minimum Gasteiger partial charge on any atom is -0.378 e. The highest BCUT2D eigenvalue weighted by Crippen LogP contribution is 2.28. The van der Waals surface area contributed by atoms with Crippen LogP contribution >= 0.6 is 0 Å². The van der Waals surface area contributed by atoms with Gasteiger partial charge in [0.2, 0.25) is 0 Å². The van der Waals surface area contributed by atoms with Crippen LogP contribution in [0.4, 0.5) is 15.8 Å². The number of amides is 1. The van der Waals surface area contributed by atoms with E-state index in [1.54, 1.807) is 12.1 Å². The lowest BCUT2D eigenvalue weighted by Crippen LogP contribution is -2.36. The number of morpholine rings is 1. The molecule has 1 fully saturated rings. The van der Waals surface area contributed by atoms with Crippen LogP contribution in [0.1, 0.15) is 10.5 Å². The molecule has 0 aliphatic carbocycles. The van der Waals surface area contributed by atoms with Crippen molar-refractivity contribution in [1.82, 2.24) is 25.1 Å². The van der Waals surface area contributed by atoms with E-state index in [0.717, 1.165) is 35.4 Å². The molecule has 0 radical (unpaired) electrons. The van der Waals surface area contributed by atoms with Crippen LogP contribution in [0.15, 0.2) is 73.4 Å². The first-order valence-electron chi connectivity index (χ1n) is 11.8. The van der Waals surface area contributed by atoms with Crippen molar-refractivity contribution in [2.75, 3.05) is 36.5 Å². The summed E-state index contributed by atoms with van der Waals surface area (Å²) in [5, 5.41) is 10.7. The molecule has 6 rings (SSSR count). The Balaban J connectivity index is 1.24. The Bertz CT molecular complexity index is 1580. The molecule has 184 valence electrons. The highest BCUT2D eigenvalue weighted by Gasteiger charge is 2.17. The Morgan fingerprint density at radius 1 is 0.973 bits per heavy atom. The van der Waals surface area contributed by atoms with Crippen molar-refractivity contribution < 1.29 is 13.9 Å². The molecular formula is C27H22FN7O2. The van der Waals surface area contributed by atoms with Gasteiger partial charge in [0.15, 0.2) is 5.69 Å². The van der Waals surface area contributed by atoms with Gasteiger partial charge in [-0.05, 0) is 42.0 Å². The predicted molar refractivity (Wildman–Crippen MR) is 138 cm³/mol. The fourth-order valence-corrected chi connectivity index (χ4v) is 4.33. The number of aromatic amines is 1. The Labute approximate surface area is 211 Å². The molecule has 0 saturated carbocycles. The Morgan fingerprint density at radius 2 is 1.86 bits per heavy atom. The highest BCUT2D eigenvalue weighted by atomic mass is 19.1. The van der Waals surface area contributed by atoms with Gasteiger partial charge in [0.05, 0.1) is 53.8 Å². The van der Waals surface area contributed by atoms with Crippen LogP contribution in [0, 0.1) is 5.82 Å². The molecule has 0 spiro atoms. The summed E-state index contributed by atoms with van der Waals surface area (Å²) in [5.41, 5.74) is 5.09. The molecule has 0 atom stereocenters. The molecule has 1 aliphatic rings. The summed E-state index contributed by atoms with van der Waals surface area (Å²) >= 11 is 0. The zero-order valence-corrected chi connectivity index (χ0v) is 19.7. The molecule has 0 unspecified atom stereocenters. The maximum absolute atomic E-state index is 14.0. The number of carbonyl (C=O) groups excluding carboxylic acids is 1. The van der Waals surface area contributed by atoms with Gasteiger partial charge >= 0.3 is 0 Å². The van der Waals surface area contributed by atoms with E-state index >= 15 is 0 Å². The van der Waals surface area contributed by atoms with Gasteiger partial charge in [-0.2, -0.15) is 5.10 Å². The van der Waals surface area contributed by atoms with Crippen LogP contribution in [0.5, 0.6) is 0 Å². The van der Waals surface area contributed by atoms with Gasteiger partial charge in [-0.3, -0.25) is 24.8 Å². The first kappa shape index (κ1) is 22.7. The van der Waals surface area contributed by atoms with Crippen molar-refractivity contribution in [2.45, 2.75) is 0 Å². The summed E-state index contributed by atoms with van der Waals surface area (Å²) in [6.07, 6.45) is 7.93. The number of benzene rings is 1. The van der Waals surface area contributed by atoms with E-state index in [9.17, 15) is 9.18 Å². The van der Waals surface area contributed by atoms with E-state index in [1.807, 2.05) is 30.6 Å². The zero-order chi connectivity index (χ0) is 25.2. The van der Waals surface area contributed by atoms with Gasteiger partial charge in [-0.1, -0.05) is 6.07 Å². The second kappa shape index (κ2) is 9.75. The van der Waals surface area contributed by atoms with Crippen LogP contribution in [0.2, 0.25) is 0 Å². The van der Waals surface area contributed by atoms with Crippen LogP contribution in [0.3, 0.4) is 0 Å². The molecule has 1 aliphatic heterocycles. The van der Waals surface area contributed by atoms with Crippen LogP contribution in [0.25, 0.3) is 33.3 Å². The molecule has 37 heavy (non-hydrogen) atoms. The lowest BCUT2D eigenvalue weighted by atomic mass is 10.0. The van der Waals surface area contributed by atoms with E-state index in [4.69, 9.17) is 4.74 Å². The van der Waals surface area contributed by atoms with Crippen molar-refractivity contribution >= 4 is 28.2 Å². The summed E-state index contributed by atoms with van der Waals surface area (Å²) < 4.78 is 19.5. The standard InChI is InChI=1S/C27H22FN7O2/c28-23-5-6-29-16-22(23)24-4-2-19(14-31-24)32-27(36)26-21-12-17(1-3-25(21)33-34-26)18-11-20(15-30-13-18)35-7-9-37-10-8-35/h1-6,11-16H,7-10H2,(H,32,36)(H,33,34). The van der Waals surface area contributed by atoms with E-state index in [2.05, 4.69) is 41.4 Å². The fourth-order valence-electron chi connectivity index (χ4n) is 4.33. The third-order valence-electron chi connectivity index (χ3n) is 6.28. The third-order valence-corrected chi connectivity index (χ3v) is 6.28. The normalized spacial score (nSPS) is 13.6. The number of nitrogens with one attached hydrogen (secondary N) is 2. The van der Waals surface area contributed by atoms with Crippen molar-refractivity contribution in [3.8, 4) is 22.4 Å². The zero-order valence-electron chi connectivity index (χ0n) is 19.7. The number of anilines is 2. The SMILES string of the molecule is O=C(Nc1ccc(-c2cnccc2F)nc1)c1n[nH]c2ccc(-c3cncc(N4CCOCC4)c3)cc12. The number of hydrogen-bond acceptors (Lipinski definition) is 7. The maximum Gasteiger partial charge on any atom is 0.276 e. The maximum atomic E-state index is 14.0. The molecule has 10 heteroatoms. The van der Waals surface area contributed by atoms with E-state index in [0.29, 0.717) is 35.5 Å². The first-order valence-corrected chi connectivity index (χ1v) is 11.8. The monoisotopic (exact) mass is 495 g/mol. The molecule has 1 amide bonds. The summed E-state index contributed by atoms with van der Waals surface area (Å²) in [4.78, 5) is 28.0. The summed E-state index contributed by atoms with van der Waals surface area (Å²) in [7, 11) is 0. The van der Waals surface area contributed by atoms with Crippen molar-refractivity contribution in [1.29, 1.82) is 0 Å². The average Bonchev–Trinajstić information content (AvgIpc) is 3.38. The van der Waals surface area contributed by atoms with Gasteiger partial charge in [0, 0.05) is 42.6 Å². The first-order chi connectivity index (χ1) is 18.2. The Hall–Kier alpha value is -4.70. The molecule has 0 bridgehead atoms. The molecule has 5 heterocycles. The van der Waals surface area contributed by atoms with E-state index < -0.39 is 5.82 Å². The van der Waals surface area contributed by atoms with Gasteiger partial charge in [-0.15, -0.1) is 0 Å². The number of carbonyl (C=O) groups is 1. The number of ether oxygens (including phenoxy) is 1. The number of hydrogen-bond donors (Lipinski definition) is 2. The second-order valence-corrected chi connectivity index (χ2v) is 8.61. The number of pyridine rings is 3. The van der Waals surface area contributed by atoms with Crippen LogP contribution < -0.4 is 10.2 Å². The van der Waals surface area contributed by atoms with E-state index in [1.165, 1.54) is 24.7 Å². The van der Waals surface area contributed by atoms with Crippen LogP contribution in [-0.4, -0.2) is 57.4 Å². The topological polar surface area (TPSA) is 109 Å². The number of H-pyrrole nitrogens is 1. The summed E-state index contributed by atoms with van der Waals surface area (Å²) in [6.45, 7) is 3.04. The lowest BCUT2D eigenvalue weighted by molar-refractivity contribution is 0.102. The molecule has 5 aromatic rings. The van der Waals surface area contributed by atoms with E-state index in [-0.39, 0.29) is 11.6 Å². The molecule has 4 aromatic heterocycles. The number of nitrogens with zero attached hydrogens (tertiary/aromatic N) is 5. The highest BCUT2D eigenvalue weighted by molar-refractivity contribution is 6.11. The molecule has 1 saturated heterocycles. The van der Waals surface area contributed by atoms with Gasteiger partial charge in [-0.25, -0.2) is 4.39 Å². The van der Waals surface area contributed by atoms with Crippen molar-refractivity contribution in [2.24, 2.45) is 0 Å².